The summed E-state index contributed by atoms with van der Waals surface area (Å²) < 4.78 is 19.2. The number of carbonyl (C=O) groups excluding carboxylic acids is 2. The first-order valence-corrected chi connectivity index (χ1v) is 9.89. The molecule has 1 saturated heterocycles. The van der Waals surface area contributed by atoms with E-state index in [1.54, 1.807) is 30.3 Å². The van der Waals surface area contributed by atoms with Crippen LogP contribution in [-0.2, 0) is 9.59 Å². The van der Waals surface area contributed by atoms with Crippen LogP contribution < -0.4 is 9.64 Å². The van der Waals surface area contributed by atoms with Gasteiger partial charge in [0.15, 0.2) is 0 Å². The Balaban J connectivity index is 2.00. The lowest BCUT2D eigenvalue weighted by Crippen LogP contribution is -2.29. The van der Waals surface area contributed by atoms with Gasteiger partial charge in [-0.25, -0.2) is 4.39 Å². The van der Waals surface area contributed by atoms with E-state index < -0.39 is 29.3 Å². The highest BCUT2D eigenvalue weighted by molar-refractivity contribution is 6.51. The van der Waals surface area contributed by atoms with Crippen molar-refractivity contribution in [3.8, 4) is 11.5 Å². The second kappa shape index (κ2) is 8.36. The number of anilines is 1. The van der Waals surface area contributed by atoms with Crippen LogP contribution in [0.5, 0.6) is 11.5 Å². The highest BCUT2D eigenvalue weighted by atomic mass is 35.5. The van der Waals surface area contributed by atoms with Crippen LogP contribution >= 0.6 is 11.6 Å². The topological polar surface area (TPSA) is 87.1 Å². The number of nitrogens with zero attached hydrogens (tertiary/aromatic N) is 1. The summed E-state index contributed by atoms with van der Waals surface area (Å²) >= 11 is 6.10. The molecule has 1 aliphatic rings. The van der Waals surface area contributed by atoms with E-state index in [-0.39, 0.29) is 22.6 Å². The monoisotopic (exact) mass is 453 g/mol. The first-order chi connectivity index (χ1) is 15.3. The Labute approximate surface area is 187 Å². The number of aromatic hydroxyl groups is 1. The number of methoxy groups -OCH3 is 1. The van der Waals surface area contributed by atoms with Gasteiger partial charge in [0.2, 0.25) is 0 Å². The summed E-state index contributed by atoms with van der Waals surface area (Å²) in [6.07, 6.45) is 0. The van der Waals surface area contributed by atoms with Crippen LogP contribution in [0, 0.1) is 5.82 Å². The number of ketones is 1. The van der Waals surface area contributed by atoms with Gasteiger partial charge in [-0.2, -0.15) is 0 Å². The molecule has 1 atom stereocenters. The molecular formula is C24H17ClFNO5. The van der Waals surface area contributed by atoms with Crippen LogP contribution in [0.4, 0.5) is 10.1 Å². The Morgan fingerprint density at radius 2 is 1.81 bits per heavy atom. The van der Waals surface area contributed by atoms with Gasteiger partial charge in [0, 0.05) is 10.7 Å². The predicted octanol–water partition coefficient (Wildman–Crippen LogP) is 4.82. The molecule has 1 unspecified atom stereocenters. The Bertz CT molecular complexity index is 1270. The van der Waals surface area contributed by atoms with Gasteiger partial charge in [0.25, 0.3) is 11.7 Å². The molecule has 0 aromatic heterocycles. The highest BCUT2D eigenvalue weighted by Crippen LogP contribution is 2.44. The molecule has 6 nitrogen and oxygen atoms in total. The maximum absolute atomic E-state index is 14.0. The highest BCUT2D eigenvalue weighted by Gasteiger charge is 2.47. The van der Waals surface area contributed by atoms with Crippen molar-refractivity contribution in [2.24, 2.45) is 0 Å². The third-order valence-electron chi connectivity index (χ3n) is 5.13. The van der Waals surface area contributed by atoms with Gasteiger partial charge in [0.1, 0.15) is 23.1 Å². The van der Waals surface area contributed by atoms with Gasteiger partial charge < -0.3 is 14.9 Å². The normalized spacial score (nSPS) is 17.6. The summed E-state index contributed by atoms with van der Waals surface area (Å²) in [5.41, 5.74) is 0.325. The van der Waals surface area contributed by atoms with Crippen molar-refractivity contribution >= 4 is 34.7 Å². The molecule has 1 heterocycles. The van der Waals surface area contributed by atoms with Crippen LogP contribution in [-0.4, -0.2) is 29.0 Å². The molecule has 1 amide bonds. The zero-order valence-electron chi connectivity index (χ0n) is 16.8. The molecular weight excluding hydrogens is 437 g/mol. The summed E-state index contributed by atoms with van der Waals surface area (Å²) in [6.45, 7) is 0. The Kier molecular flexibility index (Phi) is 5.59. The summed E-state index contributed by atoms with van der Waals surface area (Å²) in [5.74, 6) is -3.11. The Hall–Kier alpha value is -3.84. The van der Waals surface area contributed by atoms with Crippen molar-refractivity contribution in [3.63, 3.8) is 0 Å². The van der Waals surface area contributed by atoms with E-state index in [4.69, 9.17) is 16.3 Å². The first-order valence-electron chi connectivity index (χ1n) is 9.51. The van der Waals surface area contributed by atoms with Crippen molar-refractivity contribution < 1.29 is 28.9 Å². The van der Waals surface area contributed by atoms with Crippen molar-refractivity contribution in [1.29, 1.82) is 0 Å². The third kappa shape index (κ3) is 3.67. The van der Waals surface area contributed by atoms with Gasteiger partial charge in [-0.1, -0.05) is 29.8 Å². The Morgan fingerprint density at radius 3 is 2.50 bits per heavy atom. The summed E-state index contributed by atoms with van der Waals surface area (Å²) in [5, 5.41) is 21.5. The number of hydrogen-bond acceptors (Lipinski definition) is 5. The van der Waals surface area contributed by atoms with E-state index in [0.29, 0.717) is 16.3 Å². The second-order valence-corrected chi connectivity index (χ2v) is 7.52. The number of amides is 1. The molecule has 0 bridgehead atoms. The smallest absolute Gasteiger partial charge is 0.300 e. The number of carbonyl (C=O) groups is 2. The van der Waals surface area contributed by atoms with E-state index in [0.717, 1.165) is 12.1 Å². The van der Waals surface area contributed by atoms with E-state index in [9.17, 15) is 24.2 Å². The maximum atomic E-state index is 14.0. The minimum Gasteiger partial charge on any atom is -0.508 e. The molecule has 3 aromatic rings. The molecule has 8 heteroatoms. The zero-order chi connectivity index (χ0) is 23.0. The van der Waals surface area contributed by atoms with Gasteiger partial charge in [0.05, 0.1) is 24.3 Å². The molecule has 4 rings (SSSR count). The molecule has 0 radical (unpaired) electrons. The number of aliphatic hydroxyl groups is 1. The van der Waals surface area contributed by atoms with Gasteiger partial charge in [-0.05, 0) is 54.1 Å². The fourth-order valence-electron chi connectivity index (χ4n) is 3.75. The second-order valence-electron chi connectivity index (χ2n) is 7.09. The lowest BCUT2D eigenvalue weighted by atomic mass is 9.94. The number of benzene rings is 3. The largest absolute Gasteiger partial charge is 0.508 e. The summed E-state index contributed by atoms with van der Waals surface area (Å²) in [6, 6.07) is 14.7. The molecule has 0 spiro atoms. The van der Waals surface area contributed by atoms with Gasteiger partial charge in [-0.3, -0.25) is 14.5 Å². The number of rotatable bonds is 4. The minimum absolute atomic E-state index is 0.0817. The van der Waals surface area contributed by atoms with Crippen molar-refractivity contribution in [2.45, 2.75) is 6.04 Å². The molecule has 2 N–H and O–H groups in total. The number of halogens is 2. The van der Waals surface area contributed by atoms with Crippen molar-refractivity contribution in [2.75, 3.05) is 12.0 Å². The van der Waals surface area contributed by atoms with Crippen LogP contribution in [0.2, 0.25) is 5.02 Å². The van der Waals surface area contributed by atoms with E-state index in [1.807, 2.05) is 0 Å². The lowest BCUT2D eigenvalue weighted by molar-refractivity contribution is -0.132. The first kappa shape index (κ1) is 21.4. The van der Waals surface area contributed by atoms with Gasteiger partial charge >= 0.3 is 0 Å². The number of Topliss-reactive ketones (excluding diaryl/α,β-unsaturated/α-hetero) is 1. The molecule has 0 aliphatic carbocycles. The molecule has 3 aromatic carbocycles. The molecule has 1 fully saturated rings. The number of phenols is 1. The fraction of sp³-hybridized carbons (Fsp3) is 0.0833. The SMILES string of the molecule is COc1ccc(F)cc1/C(O)=C1\C(=O)C(=O)N(c2cccc(Cl)c2)C1c1cccc(O)c1. The van der Waals surface area contributed by atoms with Crippen LogP contribution in [0.3, 0.4) is 0 Å². The number of phenolic OH excluding ortho intramolecular Hbond substituents is 1. The number of aliphatic hydroxyl groups excluding tert-OH is 1. The predicted molar refractivity (Wildman–Crippen MR) is 117 cm³/mol. The lowest BCUT2D eigenvalue weighted by Gasteiger charge is -2.25. The number of hydrogen-bond donors (Lipinski definition) is 2. The minimum atomic E-state index is -1.10. The summed E-state index contributed by atoms with van der Waals surface area (Å²) in [4.78, 5) is 27.4. The third-order valence-corrected chi connectivity index (χ3v) is 5.37. The quantitative estimate of drug-likeness (QED) is 0.336. The van der Waals surface area contributed by atoms with Crippen molar-refractivity contribution in [1.82, 2.24) is 0 Å². The maximum Gasteiger partial charge on any atom is 0.300 e. The van der Waals surface area contributed by atoms with Gasteiger partial charge in [-0.15, -0.1) is 0 Å². The van der Waals surface area contributed by atoms with Crippen LogP contribution in [0.1, 0.15) is 17.2 Å². The molecule has 162 valence electrons. The fourth-order valence-corrected chi connectivity index (χ4v) is 3.93. The molecule has 32 heavy (non-hydrogen) atoms. The zero-order valence-corrected chi connectivity index (χ0v) is 17.5. The molecule has 1 aliphatic heterocycles. The standard InChI is InChI=1S/C24H17ClFNO5/c1-32-19-9-8-15(26)12-18(19)22(29)20-21(13-4-2-7-17(28)10-13)27(24(31)23(20)30)16-6-3-5-14(25)11-16/h2-12,21,28-29H,1H3/b22-20+. The molecule has 0 saturated carbocycles. The average Bonchev–Trinajstić information content (AvgIpc) is 3.04. The van der Waals surface area contributed by atoms with Crippen LogP contribution in [0.25, 0.3) is 5.76 Å². The number of ether oxygens (including phenoxy) is 1. The Morgan fingerprint density at radius 1 is 1.06 bits per heavy atom. The van der Waals surface area contributed by atoms with E-state index in [1.165, 1.54) is 36.3 Å². The van der Waals surface area contributed by atoms with Crippen molar-refractivity contribution in [3.05, 3.63) is 94.3 Å². The summed E-state index contributed by atoms with van der Waals surface area (Å²) in [7, 11) is 1.33. The van der Waals surface area contributed by atoms with E-state index in [2.05, 4.69) is 0 Å². The van der Waals surface area contributed by atoms with Crippen LogP contribution in [0.15, 0.2) is 72.3 Å². The van der Waals surface area contributed by atoms with E-state index >= 15 is 0 Å². The average molecular weight is 454 g/mol.